The Balaban J connectivity index is 1.71. The first-order valence-electron chi connectivity index (χ1n) is 8.12. The second kappa shape index (κ2) is 7.26. The number of ether oxygens (including phenoxy) is 1. The van der Waals surface area contributed by atoms with Gasteiger partial charge in [0.2, 0.25) is 11.7 Å². The van der Waals surface area contributed by atoms with E-state index in [2.05, 4.69) is 17.1 Å². The summed E-state index contributed by atoms with van der Waals surface area (Å²) < 4.78 is 10.7. The summed E-state index contributed by atoms with van der Waals surface area (Å²) in [6.07, 6.45) is 3.32. The van der Waals surface area contributed by atoms with Gasteiger partial charge in [-0.15, -0.1) is 0 Å². The molecular formula is C17H21N3O3. The largest absolute Gasteiger partial charge is 0.449 e. The molecule has 1 aliphatic heterocycles. The summed E-state index contributed by atoms with van der Waals surface area (Å²) >= 11 is 0. The van der Waals surface area contributed by atoms with E-state index in [0.29, 0.717) is 24.9 Å². The number of amides is 1. The molecule has 2 heterocycles. The molecule has 0 N–H and O–H groups in total. The number of nitrogens with zero attached hydrogens (tertiary/aromatic N) is 3. The van der Waals surface area contributed by atoms with Crippen molar-refractivity contribution in [3.63, 3.8) is 0 Å². The van der Waals surface area contributed by atoms with Crippen LogP contribution in [0.5, 0.6) is 0 Å². The number of rotatable bonds is 5. The number of hydrogen-bond donors (Lipinski definition) is 0. The van der Waals surface area contributed by atoms with Crippen molar-refractivity contribution in [2.24, 2.45) is 0 Å². The Morgan fingerprint density at radius 2 is 2.22 bits per heavy atom. The Morgan fingerprint density at radius 3 is 3.00 bits per heavy atom. The standard InChI is InChI=1S/C17H21N3O3/c1-2-3-12-22-17(21)20-11-7-10-14(20)16-18-15(19-23-16)13-8-5-4-6-9-13/h4-6,8-9,14H,2-3,7,10-12H2,1H3. The fourth-order valence-corrected chi connectivity index (χ4v) is 2.70. The Hall–Kier alpha value is -2.37. The fraction of sp³-hybridized carbons (Fsp3) is 0.471. The molecule has 0 aliphatic carbocycles. The first kappa shape index (κ1) is 15.5. The van der Waals surface area contributed by atoms with Gasteiger partial charge in [0.05, 0.1) is 6.61 Å². The van der Waals surface area contributed by atoms with Crippen molar-refractivity contribution in [2.45, 2.75) is 38.6 Å². The van der Waals surface area contributed by atoms with Crippen molar-refractivity contribution in [2.75, 3.05) is 13.2 Å². The monoisotopic (exact) mass is 315 g/mol. The summed E-state index contributed by atoms with van der Waals surface area (Å²) in [5.74, 6) is 1.03. The van der Waals surface area contributed by atoms with E-state index in [0.717, 1.165) is 31.2 Å². The second-order valence-corrected chi connectivity index (χ2v) is 5.64. The molecule has 1 aromatic carbocycles. The van der Waals surface area contributed by atoms with Crippen molar-refractivity contribution in [3.8, 4) is 11.4 Å². The Kier molecular flexibility index (Phi) is 4.90. The summed E-state index contributed by atoms with van der Waals surface area (Å²) in [6.45, 7) is 3.19. The van der Waals surface area contributed by atoms with Gasteiger partial charge in [0.15, 0.2) is 0 Å². The van der Waals surface area contributed by atoms with Crippen LogP contribution in [0.15, 0.2) is 34.9 Å². The lowest BCUT2D eigenvalue weighted by molar-refractivity contribution is 0.0911. The minimum Gasteiger partial charge on any atom is -0.449 e. The van der Waals surface area contributed by atoms with Crippen LogP contribution in [-0.4, -0.2) is 34.3 Å². The molecule has 1 amide bonds. The number of aromatic nitrogens is 2. The molecule has 1 aliphatic rings. The fourth-order valence-electron chi connectivity index (χ4n) is 2.70. The summed E-state index contributed by atoms with van der Waals surface area (Å²) in [7, 11) is 0. The minimum absolute atomic E-state index is 0.186. The van der Waals surface area contributed by atoms with Crippen LogP contribution in [0.4, 0.5) is 4.79 Å². The molecule has 23 heavy (non-hydrogen) atoms. The SMILES string of the molecule is CCCCOC(=O)N1CCCC1c1nc(-c2ccccc2)no1. The van der Waals surface area contributed by atoms with Crippen LogP contribution in [0.1, 0.15) is 44.5 Å². The van der Waals surface area contributed by atoms with Crippen LogP contribution in [0.2, 0.25) is 0 Å². The molecule has 1 saturated heterocycles. The van der Waals surface area contributed by atoms with Gasteiger partial charge in [0, 0.05) is 12.1 Å². The van der Waals surface area contributed by atoms with Crippen molar-refractivity contribution in [1.29, 1.82) is 0 Å². The van der Waals surface area contributed by atoms with E-state index < -0.39 is 0 Å². The van der Waals surface area contributed by atoms with Crippen molar-refractivity contribution in [3.05, 3.63) is 36.2 Å². The first-order valence-corrected chi connectivity index (χ1v) is 8.12. The van der Waals surface area contributed by atoms with Crippen molar-refractivity contribution >= 4 is 6.09 Å². The van der Waals surface area contributed by atoms with Crippen LogP contribution < -0.4 is 0 Å². The van der Waals surface area contributed by atoms with E-state index in [1.807, 2.05) is 30.3 Å². The molecule has 0 spiro atoms. The third-order valence-electron chi connectivity index (χ3n) is 3.97. The summed E-state index contributed by atoms with van der Waals surface area (Å²) in [5, 5.41) is 4.04. The number of unbranched alkanes of at least 4 members (excludes halogenated alkanes) is 1. The van der Waals surface area contributed by atoms with E-state index in [1.165, 1.54) is 0 Å². The number of hydrogen-bond acceptors (Lipinski definition) is 5. The maximum Gasteiger partial charge on any atom is 0.410 e. The Labute approximate surface area is 135 Å². The quantitative estimate of drug-likeness (QED) is 0.785. The number of carbonyl (C=O) groups is 1. The van der Waals surface area contributed by atoms with Gasteiger partial charge in [-0.05, 0) is 19.3 Å². The smallest absolute Gasteiger partial charge is 0.410 e. The van der Waals surface area contributed by atoms with Gasteiger partial charge in [-0.2, -0.15) is 4.98 Å². The zero-order valence-electron chi connectivity index (χ0n) is 13.3. The lowest BCUT2D eigenvalue weighted by Gasteiger charge is -2.21. The number of likely N-dealkylation sites (tertiary alicyclic amines) is 1. The highest BCUT2D eigenvalue weighted by molar-refractivity contribution is 5.68. The zero-order chi connectivity index (χ0) is 16.1. The van der Waals surface area contributed by atoms with E-state index in [1.54, 1.807) is 4.90 Å². The maximum absolute atomic E-state index is 12.2. The summed E-state index contributed by atoms with van der Waals surface area (Å²) in [6, 6.07) is 9.47. The van der Waals surface area contributed by atoms with Crippen LogP contribution in [0.3, 0.4) is 0 Å². The van der Waals surface area contributed by atoms with Crippen LogP contribution >= 0.6 is 0 Å². The van der Waals surface area contributed by atoms with Crippen molar-refractivity contribution < 1.29 is 14.1 Å². The molecule has 1 atom stereocenters. The van der Waals surface area contributed by atoms with Gasteiger partial charge in [0.25, 0.3) is 0 Å². The lowest BCUT2D eigenvalue weighted by atomic mass is 10.2. The molecular weight excluding hydrogens is 294 g/mol. The van der Waals surface area contributed by atoms with Gasteiger partial charge < -0.3 is 9.26 Å². The maximum atomic E-state index is 12.2. The van der Waals surface area contributed by atoms with E-state index in [9.17, 15) is 4.79 Å². The van der Waals surface area contributed by atoms with E-state index in [4.69, 9.17) is 9.26 Å². The third kappa shape index (κ3) is 3.52. The van der Waals surface area contributed by atoms with E-state index >= 15 is 0 Å². The highest BCUT2D eigenvalue weighted by atomic mass is 16.6. The topological polar surface area (TPSA) is 68.5 Å². The second-order valence-electron chi connectivity index (χ2n) is 5.64. The van der Waals surface area contributed by atoms with Crippen LogP contribution in [0.25, 0.3) is 11.4 Å². The molecule has 3 rings (SSSR count). The molecule has 1 aromatic heterocycles. The zero-order valence-corrected chi connectivity index (χ0v) is 13.3. The predicted octanol–water partition coefficient (Wildman–Crippen LogP) is 3.81. The molecule has 6 heteroatoms. The van der Waals surface area contributed by atoms with Gasteiger partial charge in [0.1, 0.15) is 6.04 Å². The van der Waals surface area contributed by atoms with Gasteiger partial charge >= 0.3 is 6.09 Å². The summed E-state index contributed by atoms with van der Waals surface area (Å²) in [5.41, 5.74) is 0.901. The van der Waals surface area contributed by atoms with Crippen LogP contribution in [-0.2, 0) is 4.74 Å². The third-order valence-corrected chi connectivity index (χ3v) is 3.97. The normalized spacial score (nSPS) is 17.4. The van der Waals surface area contributed by atoms with Crippen molar-refractivity contribution in [1.82, 2.24) is 15.0 Å². The van der Waals surface area contributed by atoms with Gasteiger partial charge in [-0.3, -0.25) is 4.90 Å². The molecule has 0 bridgehead atoms. The molecule has 0 saturated carbocycles. The predicted molar refractivity (Wildman–Crippen MR) is 84.7 cm³/mol. The highest BCUT2D eigenvalue weighted by Crippen LogP contribution is 2.32. The average molecular weight is 315 g/mol. The first-order chi connectivity index (χ1) is 11.3. The van der Waals surface area contributed by atoms with E-state index in [-0.39, 0.29) is 12.1 Å². The highest BCUT2D eigenvalue weighted by Gasteiger charge is 2.35. The van der Waals surface area contributed by atoms with Gasteiger partial charge in [-0.25, -0.2) is 4.79 Å². The Bertz CT molecular complexity index is 642. The lowest BCUT2D eigenvalue weighted by Crippen LogP contribution is -2.31. The number of benzene rings is 1. The number of carbonyl (C=O) groups excluding carboxylic acids is 1. The molecule has 6 nitrogen and oxygen atoms in total. The Morgan fingerprint density at radius 1 is 1.39 bits per heavy atom. The molecule has 1 fully saturated rings. The molecule has 0 radical (unpaired) electrons. The molecule has 122 valence electrons. The van der Waals surface area contributed by atoms with Gasteiger partial charge in [-0.1, -0.05) is 48.8 Å². The average Bonchev–Trinajstić information content (AvgIpc) is 3.25. The minimum atomic E-state index is -0.291. The van der Waals surface area contributed by atoms with Crippen LogP contribution in [0, 0.1) is 0 Å². The molecule has 1 unspecified atom stereocenters. The summed E-state index contributed by atoms with van der Waals surface area (Å²) in [4.78, 5) is 18.4. The molecule has 2 aromatic rings.